The van der Waals surface area contributed by atoms with Crippen LogP contribution in [0.25, 0.3) is 0 Å². The van der Waals surface area contributed by atoms with Crippen LogP contribution in [0.15, 0.2) is 6.07 Å². The van der Waals surface area contributed by atoms with Gasteiger partial charge < -0.3 is 9.47 Å². The first-order valence-electron chi connectivity index (χ1n) is 3.92. The molecule has 0 unspecified atom stereocenters. The van der Waals surface area contributed by atoms with E-state index < -0.39 is 6.36 Å². The van der Waals surface area contributed by atoms with E-state index in [9.17, 15) is 13.2 Å². The highest BCUT2D eigenvalue weighted by Crippen LogP contribution is 2.33. The number of aromatic nitrogens is 1. The van der Waals surface area contributed by atoms with Gasteiger partial charge in [-0.2, -0.15) is 0 Å². The van der Waals surface area contributed by atoms with Gasteiger partial charge in [-0.15, -0.1) is 13.2 Å². The lowest BCUT2D eigenvalue weighted by Crippen LogP contribution is -2.19. The van der Waals surface area contributed by atoms with E-state index in [1.165, 1.54) is 13.2 Å². The van der Waals surface area contributed by atoms with Gasteiger partial charge in [-0.25, -0.2) is 4.98 Å². The van der Waals surface area contributed by atoms with Crippen LogP contribution in [-0.4, -0.2) is 18.5 Å². The second-order valence-corrected chi connectivity index (χ2v) is 4.21. The van der Waals surface area contributed by atoms with E-state index in [-0.39, 0.29) is 20.7 Å². The summed E-state index contributed by atoms with van der Waals surface area (Å²) in [6.45, 7) is 0. The van der Waals surface area contributed by atoms with Crippen LogP contribution < -0.4 is 9.47 Å². The summed E-state index contributed by atoms with van der Waals surface area (Å²) in [5.74, 6) is -0.0563. The lowest BCUT2D eigenvalue weighted by Gasteiger charge is -2.14. The Bertz CT molecular complexity index is 386. The zero-order chi connectivity index (χ0) is 12.3. The van der Waals surface area contributed by atoms with Gasteiger partial charge in [0.25, 0.3) is 0 Å². The molecule has 0 spiro atoms. The minimum absolute atomic E-state index is 0.101. The summed E-state index contributed by atoms with van der Waals surface area (Å²) in [5, 5.41) is 0.216. The van der Waals surface area contributed by atoms with Gasteiger partial charge in [0, 0.05) is 17.0 Å². The third-order valence-corrected chi connectivity index (χ3v) is 2.89. The van der Waals surface area contributed by atoms with Gasteiger partial charge in [0.05, 0.1) is 7.11 Å². The van der Waals surface area contributed by atoms with Crippen molar-refractivity contribution in [2.24, 2.45) is 0 Å². The fraction of sp³-hybridized carbons (Fsp3) is 0.375. The molecule has 0 aliphatic carbocycles. The van der Waals surface area contributed by atoms with Gasteiger partial charge in [0.1, 0.15) is 3.70 Å². The van der Waals surface area contributed by atoms with Crippen molar-refractivity contribution >= 4 is 38.5 Å². The molecular weight excluding hydrogens is 406 g/mol. The highest BCUT2D eigenvalue weighted by atomic mass is 127. The first-order valence-corrected chi connectivity index (χ1v) is 6.12. The number of alkyl halides is 4. The van der Waals surface area contributed by atoms with Crippen molar-refractivity contribution in [3.05, 3.63) is 15.3 Å². The van der Waals surface area contributed by atoms with E-state index in [0.29, 0.717) is 5.56 Å². The monoisotopic (exact) mass is 411 g/mol. The van der Waals surface area contributed by atoms with Crippen LogP contribution in [0.3, 0.4) is 0 Å². The molecule has 0 saturated heterocycles. The summed E-state index contributed by atoms with van der Waals surface area (Å²) < 4.78 is 45.2. The summed E-state index contributed by atoms with van der Waals surface area (Å²) in [4.78, 5) is 3.80. The molecule has 0 saturated carbocycles. The maximum absolute atomic E-state index is 12.1. The number of nitrogens with zero attached hydrogens (tertiary/aromatic N) is 1. The van der Waals surface area contributed by atoms with Crippen LogP contribution >= 0.6 is 38.5 Å². The molecular formula is C8H6BrF3INO2. The number of hydrogen-bond acceptors (Lipinski definition) is 3. The van der Waals surface area contributed by atoms with E-state index in [2.05, 4.69) is 25.7 Å². The Hall–Kier alpha value is -0.250. The SMILES string of the molecule is COc1cc(CBr)c(OC(F)(F)F)c(I)n1. The molecule has 0 fully saturated rings. The van der Waals surface area contributed by atoms with Gasteiger partial charge >= 0.3 is 6.36 Å². The smallest absolute Gasteiger partial charge is 0.481 e. The quantitative estimate of drug-likeness (QED) is 0.433. The number of hydrogen-bond donors (Lipinski definition) is 0. The first kappa shape index (κ1) is 13.8. The fourth-order valence-electron chi connectivity index (χ4n) is 0.954. The molecule has 0 radical (unpaired) electrons. The van der Waals surface area contributed by atoms with Gasteiger partial charge in [0.2, 0.25) is 5.88 Å². The molecule has 0 atom stereocenters. The van der Waals surface area contributed by atoms with Crippen molar-refractivity contribution in [2.45, 2.75) is 11.7 Å². The maximum atomic E-state index is 12.1. The Morgan fingerprint density at radius 2 is 2.12 bits per heavy atom. The molecule has 1 rings (SSSR count). The van der Waals surface area contributed by atoms with Crippen LogP contribution in [0, 0.1) is 3.70 Å². The molecule has 1 aromatic heterocycles. The van der Waals surface area contributed by atoms with Crippen LogP contribution in [0.2, 0.25) is 0 Å². The van der Waals surface area contributed by atoms with Crippen molar-refractivity contribution in [1.82, 2.24) is 4.98 Å². The molecule has 1 heterocycles. The Balaban J connectivity index is 3.16. The molecule has 8 heteroatoms. The Morgan fingerprint density at radius 1 is 1.50 bits per heavy atom. The van der Waals surface area contributed by atoms with Crippen LogP contribution in [0.1, 0.15) is 5.56 Å². The van der Waals surface area contributed by atoms with Gasteiger partial charge in [-0.05, 0) is 22.6 Å². The number of pyridine rings is 1. The summed E-state index contributed by atoms with van der Waals surface area (Å²) >= 11 is 4.74. The molecule has 1 aromatic rings. The predicted molar refractivity (Wildman–Crippen MR) is 62.8 cm³/mol. The van der Waals surface area contributed by atoms with E-state index >= 15 is 0 Å². The molecule has 0 bridgehead atoms. The minimum Gasteiger partial charge on any atom is -0.481 e. The van der Waals surface area contributed by atoms with Crippen molar-refractivity contribution in [3.8, 4) is 11.6 Å². The van der Waals surface area contributed by atoms with Gasteiger partial charge in [-0.3, -0.25) is 0 Å². The second-order valence-electron chi connectivity index (χ2n) is 2.63. The predicted octanol–water partition coefficient (Wildman–Crippen LogP) is 3.49. The van der Waals surface area contributed by atoms with E-state index in [4.69, 9.17) is 4.74 Å². The largest absolute Gasteiger partial charge is 0.573 e. The lowest BCUT2D eigenvalue weighted by atomic mass is 10.3. The summed E-state index contributed by atoms with van der Waals surface area (Å²) in [6.07, 6.45) is -4.73. The normalized spacial score (nSPS) is 11.4. The van der Waals surface area contributed by atoms with E-state index in [0.717, 1.165) is 0 Å². The van der Waals surface area contributed by atoms with Crippen LogP contribution in [0.5, 0.6) is 11.6 Å². The van der Waals surface area contributed by atoms with E-state index in [1.807, 2.05) is 0 Å². The number of rotatable bonds is 3. The van der Waals surface area contributed by atoms with Gasteiger partial charge in [-0.1, -0.05) is 15.9 Å². The topological polar surface area (TPSA) is 31.4 Å². The van der Waals surface area contributed by atoms with Crippen molar-refractivity contribution < 1.29 is 22.6 Å². The average Bonchev–Trinajstić information content (AvgIpc) is 2.19. The van der Waals surface area contributed by atoms with Crippen LogP contribution in [-0.2, 0) is 5.33 Å². The standard InChI is InChI=1S/C8H6BrF3INO2/c1-15-5-2-4(3-9)6(7(13)14-5)16-8(10,11)12/h2H,3H2,1H3. The third kappa shape index (κ3) is 3.65. The Kier molecular flexibility index (Phi) is 4.65. The van der Waals surface area contributed by atoms with Gasteiger partial charge in [0.15, 0.2) is 5.75 Å². The zero-order valence-corrected chi connectivity index (χ0v) is 11.7. The minimum atomic E-state index is -4.73. The fourth-order valence-corrected chi connectivity index (χ4v) is 2.06. The molecule has 0 aliphatic heterocycles. The molecule has 0 amide bonds. The number of halogens is 5. The highest BCUT2D eigenvalue weighted by molar-refractivity contribution is 14.1. The first-order chi connectivity index (χ1) is 7.37. The molecule has 16 heavy (non-hydrogen) atoms. The summed E-state index contributed by atoms with van der Waals surface area (Å²) in [5.41, 5.74) is 0.327. The highest BCUT2D eigenvalue weighted by Gasteiger charge is 2.33. The number of methoxy groups -OCH3 is 1. The lowest BCUT2D eigenvalue weighted by molar-refractivity contribution is -0.275. The Labute approximate surface area is 112 Å². The molecule has 90 valence electrons. The van der Waals surface area contributed by atoms with Crippen molar-refractivity contribution in [3.63, 3.8) is 0 Å². The molecule has 0 aliphatic rings. The molecule has 0 N–H and O–H groups in total. The number of ether oxygens (including phenoxy) is 2. The van der Waals surface area contributed by atoms with E-state index in [1.54, 1.807) is 22.6 Å². The molecule has 3 nitrogen and oxygen atoms in total. The van der Waals surface area contributed by atoms with Crippen LogP contribution in [0.4, 0.5) is 13.2 Å². The Morgan fingerprint density at radius 3 is 2.56 bits per heavy atom. The van der Waals surface area contributed by atoms with Crippen molar-refractivity contribution in [2.75, 3.05) is 7.11 Å². The zero-order valence-electron chi connectivity index (χ0n) is 7.94. The van der Waals surface area contributed by atoms with Crippen molar-refractivity contribution in [1.29, 1.82) is 0 Å². The third-order valence-electron chi connectivity index (χ3n) is 1.56. The maximum Gasteiger partial charge on any atom is 0.573 e. The summed E-state index contributed by atoms with van der Waals surface area (Å²) in [6, 6.07) is 1.39. The summed E-state index contributed by atoms with van der Waals surface area (Å²) in [7, 11) is 1.39. The molecule has 0 aromatic carbocycles. The second kappa shape index (κ2) is 5.39. The average molecular weight is 412 g/mol.